The number of allylic oxidation sites excluding steroid dienone is 1. The fourth-order valence-electron chi connectivity index (χ4n) is 4.07. The van der Waals surface area contributed by atoms with Crippen molar-refractivity contribution in [1.82, 2.24) is 14.9 Å². The van der Waals surface area contributed by atoms with Crippen molar-refractivity contribution < 1.29 is 9.50 Å². The van der Waals surface area contributed by atoms with Crippen LogP contribution in [0.3, 0.4) is 0 Å². The molecule has 1 aromatic carbocycles. The van der Waals surface area contributed by atoms with Crippen molar-refractivity contribution in [2.24, 2.45) is 0 Å². The van der Waals surface area contributed by atoms with E-state index >= 15 is 0 Å². The summed E-state index contributed by atoms with van der Waals surface area (Å²) in [6, 6.07) is 6.77. The summed E-state index contributed by atoms with van der Waals surface area (Å²) in [6.45, 7) is 11.9. The molecular weight excluding hydrogens is 379 g/mol. The van der Waals surface area contributed by atoms with Crippen molar-refractivity contribution >= 4 is 5.82 Å². The van der Waals surface area contributed by atoms with Crippen LogP contribution in [-0.2, 0) is 12.8 Å². The molecule has 0 aliphatic carbocycles. The maximum atomic E-state index is 13.7. The van der Waals surface area contributed by atoms with Crippen molar-refractivity contribution in [3.05, 3.63) is 65.4 Å². The minimum atomic E-state index is -0.314. The lowest BCUT2D eigenvalue weighted by molar-refractivity contribution is 0.103. The Kier molecular flexibility index (Phi) is 7.94. The van der Waals surface area contributed by atoms with Crippen LogP contribution in [-0.4, -0.2) is 58.8 Å². The summed E-state index contributed by atoms with van der Waals surface area (Å²) in [7, 11) is 0. The fraction of sp³-hybridized carbons (Fsp3) is 0.500. The zero-order chi connectivity index (χ0) is 21.5. The Morgan fingerprint density at radius 3 is 2.67 bits per heavy atom. The third-order valence-electron chi connectivity index (χ3n) is 5.63. The van der Waals surface area contributed by atoms with Crippen molar-refractivity contribution in [1.29, 1.82) is 0 Å². The molecule has 1 aliphatic rings. The molecule has 6 heteroatoms. The van der Waals surface area contributed by atoms with Gasteiger partial charge in [-0.1, -0.05) is 25.1 Å². The van der Waals surface area contributed by atoms with E-state index in [1.54, 1.807) is 12.1 Å². The normalized spacial score (nSPS) is 15.9. The van der Waals surface area contributed by atoms with E-state index in [0.29, 0.717) is 13.0 Å². The first-order valence-electron chi connectivity index (χ1n) is 10.9. The maximum absolute atomic E-state index is 13.7. The van der Waals surface area contributed by atoms with E-state index < -0.39 is 0 Å². The largest absolute Gasteiger partial charge is 0.392 e. The summed E-state index contributed by atoms with van der Waals surface area (Å²) in [5.74, 6) is 1.52. The van der Waals surface area contributed by atoms with Crippen LogP contribution < -0.4 is 4.90 Å². The number of β-amino-alcohol motifs (C(OH)–C–C–N with tert-alkyl or cyclic N) is 1. The molecule has 0 spiro atoms. The van der Waals surface area contributed by atoms with Gasteiger partial charge in [-0.3, -0.25) is 4.90 Å². The van der Waals surface area contributed by atoms with Crippen LogP contribution in [0.5, 0.6) is 0 Å². The number of piperazine rings is 1. The molecule has 2 heterocycles. The van der Waals surface area contributed by atoms with E-state index in [4.69, 9.17) is 4.98 Å². The van der Waals surface area contributed by atoms with Crippen molar-refractivity contribution in [3.63, 3.8) is 0 Å². The van der Waals surface area contributed by atoms with E-state index in [2.05, 4.69) is 28.3 Å². The summed E-state index contributed by atoms with van der Waals surface area (Å²) in [5.41, 5.74) is 3.06. The summed E-state index contributed by atoms with van der Waals surface area (Å²) in [6.07, 6.45) is 4.57. The monoisotopic (exact) mass is 412 g/mol. The molecule has 1 atom stereocenters. The summed E-state index contributed by atoms with van der Waals surface area (Å²) in [5, 5.41) is 10.2. The quantitative estimate of drug-likeness (QED) is 0.639. The number of aromatic nitrogens is 2. The lowest BCUT2D eigenvalue weighted by Gasteiger charge is -2.37. The Bertz CT molecular complexity index is 849. The van der Waals surface area contributed by atoms with Crippen molar-refractivity contribution in [3.8, 4) is 0 Å². The number of aliphatic hydroxyl groups excluding tert-OH is 1. The van der Waals surface area contributed by atoms with Crippen LogP contribution >= 0.6 is 0 Å². The first kappa shape index (κ1) is 22.4. The Balaban J connectivity index is 1.75. The van der Waals surface area contributed by atoms with Crippen LogP contribution in [0.25, 0.3) is 0 Å². The van der Waals surface area contributed by atoms with Gasteiger partial charge in [0.1, 0.15) is 17.5 Å². The molecule has 1 saturated heterocycles. The third-order valence-corrected chi connectivity index (χ3v) is 5.63. The molecule has 3 rings (SSSR count). The molecule has 0 saturated carbocycles. The number of hydrogen-bond acceptors (Lipinski definition) is 5. The molecule has 0 amide bonds. The highest BCUT2D eigenvalue weighted by Crippen LogP contribution is 2.26. The van der Waals surface area contributed by atoms with E-state index in [1.807, 2.05) is 19.1 Å². The average molecular weight is 413 g/mol. The van der Waals surface area contributed by atoms with Gasteiger partial charge in [0.25, 0.3) is 0 Å². The van der Waals surface area contributed by atoms with Gasteiger partial charge < -0.3 is 10.0 Å². The minimum Gasteiger partial charge on any atom is -0.392 e. The van der Waals surface area contributed by atoms with Gasteiger partial charge in [0.15, 0.2) is 0 Å². The Morgan fingerprint density at radius 1 is 1.23 bits per heavy atom. The summed E-state index contributed by atoms with van der Waals surface area (Å²) in [4.78, 5) is 14.1. The van der Waals surface area contributed by atoms with Crippen LogP contribution in [0.1, 0.15) is 42.4 Å². The zero-order valence-electron chi connectivity index (χ0n) is 18.1. The molecule has 30 heavy (non-hydrogen) atoms. The number of benzene rings is 1. The minimum absolute atomic E-state index is 0.219. The second-order valence-electron chi connectivity index (χ2n) is 7.99. The number of rotatable bonds is 9. The fourth-order valence-corrected chi connectivity index (χ4v) is 4.07. The molecule has 0 bridgehead atoms. The Labute approximate surface area is 179 Å². The van der Waals surface area contributed by atoms with Gasteiger partial charge >= 0.3 is 0 Å². The van der Waals surface area contributed by atoms with Crippen LogP contribution in [0.4, 0.5) is 10.2 Å². The molecule has 1 unspecified atom stereocenters. The maximum Gasteiger partial charge on any atom is 0.136 e. The van der Waals surface area contributed by atoms with Gasteiger partial charge in [0.05, 0.1) is 6.10 Å². The molecule has 1 aromatic heterocycles. The number of aryl methyl sites for hydroxylation is 2. The number of nitrogens with zero attached hydrogens (tertiary/aromatic N) is 4. The third kappa shape index (κ3) is 5.86. The van der Waals surface area contributed by atoms with Gasteiger partial charge in [-0.25, -0.2) is 14.4 Å². The Morgan fingerprint density at radius 2 is 2.00 bits per heavy atom. The second-order valence-corrected chi connectivity index (χ2v) is 7.99. The number of hydrogen-bond donors (Lipinski definition) is 1. The van der Waals surface area contributed by atoms with Gasteiger partial charge in [0.2, 0.25) is 0 Å². The molecule has 2 aromatic rings. The molecule has 1 N–H and O–H groups in total. The molecule has 0 radical (unpaired) electrons. The van der Waals surface area contributed by atoms with E-state index in [0.717, 1.165) is 73.9 Å². The highest BCUT2D eigenvalue weighted by atomic mass is 19.1. The summed E-state index contributed by atoms with van der Waals surface area (Å²) < 4.78 is 13.7. The Hall–Kier alpha value is -2.31. The highest BCUT2D eigenvalue weighted by Gasteiger charge is 2.24. The van der Waals surface area contributed by atoms with Gasteiger partial charge in [-0.15, -0.1) is 6.58 Å². The highest BCUT2D eigenvalue weighted by molar-refractivity contribution is 5.52. The van der Waals surface area contributed by atoms with Gasteiger partial charge in [0, 0.05) is 50.4 Å². The standard InChI is InChI=1S/C24H33FN4O/c1-4-6-10-21(30)17-28-11-13-29(14-12-28)24-22(23(5-2)26-18(3)27-24)16-19-8-7-9-20(25)15-19/h4,7-9,15,21,30H,1,5-6,10-14,16-17H2,2-3H3. The van der Waals surface area contributed by atoms with Crippen LogP contribution in [0.2, 0.25) is 0 Å². The number of aliphatic hydroxyl groups is 1. The second kappa shape index (κ2) is 10.6. The molecule has 1 aliphatic heterocycles. The first-order chi connectivity index (χ1) is 14.5. The van der Waals surface area contributed by atoms with E-state index in [-0.39, 0.29) is 11.9 Å². The van der Waals surface area contributed by atoms with E-state index in [9.17, 15) is 9.50 Å². The SMILES string of the molecule is C=CCCC(O)CN1CCN(c2nc(C)nc(CC)c2Cc2cccc(F)c2)CC1. The lowest BCUT2D eigenvalue weighted by atomic mass is 10.0. The lowest BCUT2D eigenvalue weighted by Crippen LogP contribution is -2.49. The smallest absolute Gasteiger partial charge is 0.136 e. The number of halogens is 1. The predicted octanol–water partition coefficient (Wildman–Crippen LogP) is 3.53. The molecule has 1 fully saturated rings. The molecule has 5 nitrogen and oxygen atoms in total. The van der Waals surface area contributed by atoms with Crippen molar-refractivity contribution in [2.45, 2.75) is 45.6 Å². The van der Waals surface area contributed by atoms with Crippen LogP contribution in [0, 0.1) is 12.7 Å². The van der Waals surface area contributed by atoms with Gasteiger partial charge in [-0.05, 0) is 43.9 Å². The zero-order valence-corrected chi connectivity index (χ0v) is 18.1. The first-order valence-corrected chi connectivity index (χ1v) is 10.9. The van der Waals surface area contributed by atoms with E-state index in [1.165, 1.54) is 6.07 Å². The van der Waals surface area contributed by atoms with Crippen molar-refractivity contribution in [2.75, 3.05) is 37.6 Å². The van der Waals surface area contributed by atoms with Crippen LogP contribution in [0.15, 0.2) is 36.9 Å². The molecular formula is C24H33FN4O. The predicted molar refractivity (Wildman–Crippen MR) is 119 cm³/mol. The topological polar surface area (TPSA) is 52.5 Å². The van der Waals surface area contributed by atoms with Gasteiger partial charge in [-0.2, -0.15) is 0 Å². The molecule has 162 valence electrons. The summed E-state index contributed by atoms with van der Waals surface area (Å²) >= 11 is 0. The number of anilines is 1. The average Bonchev–Trinajstić information content (AvgIpc) is 2.74.